The Morgan fingerprint density at radius 1 is 1.08 bits per heavy atom. The number of hydrogen-bond donors (Lipinski definition) is 0. The van der Waals surface area contributed by atoms with E-state index in [4.69, 9.17) is 0 Å². The molecule has 0 heterocycles. The standard InChI is InChI=1S/C3H3F5O3S/c1-12(9,10)11-3(7,8)2(4,5)6/h1H3. The van der Waals surface area contributed by atoms with E-state index in [1.165, 1.54) is 0 Å². The summed E-state index contributed by atoms with van der Waals surface area (Å²) < 4.78 is 79.4. The number of hydrogen-bond acceptors (Lipinski definition) is 3. The van der Waals surface area contributed by atoms with Gasteiger partial charge in [-0.2, -0.15) is 34.6 Å². The lowest BCUT2D eigenvalue weighted by Gasteiger charge is -2.17. The Labute approximate surface area is 64.2 Å². The molecule has 0 bridgehead atoms. The van der Waals surface area contributed by atoms with Gasteiger partial charge in [0.05, 0.1) is 6.26 Å². The summed E-state index contributed by atoms with van der Waals surface area (Å²) >= 11 is 0. The Hall–Kier alpha value is -0.440. The van der Waals surface area contributed by atoms with Crippen molar-refractivity contribution in [3.8, 4) is 0 Å². The largest absolute Gasteiger partial charge is 0.484 e. The Bertz CT molecular complexity index is 252. The first-order valence-corrected chi connectivity index (χ1v) is 4.12. The minimum absolute atomic E-state index is 0.0899. The summed E-state index contributed by atoms with van der Waals surface area (Å²) in [6.45, 7) is 0. The molecule has 0 radical (unpaired) electrons. The summed E-state index contributed by atoms with van der Waals surface area (Å²) in [6.07, 6.45) is -11.6. The van der Waals surface area contributed by atoms with Gasteiger partial charge >= 0.3 is 12.3 Å². The molecule has 3 nitrogen and oxygen atoms in total. The highest BCUT2D eigenvalue weighted by atomic mass is 32.2. The minimum atomic E-state index is -6.03. The van der Waals surface area contributed by atoms with Crippen LogP contribution in [0.2, 0.25) is 0 Å². The van der Waals surface area contributed by atoms with Gasteiger partial charge in [-0.3, -0.25) is 0 Å². The van der Waals surface area contributed by atoms with Crippen LogP contribution in [0.25, 0.3) is 0 Å². The highest BCUT2D eigenvalue weighted by molar-refractivity contribution is 7.86. The van der Waals surface area contributed by atoms with Crippen molar-refractivity contribution in [2.75, 3.05) is 6.26 Å². The molecule has 0 N–H and O–H groups in total. The van der Waals surface area contributed by atoms with Crippen molar-refractivity contribution in [2.24, 2.45) is 0 Å². The SMILES string of the molecule is CS(=O)(=O)OC(F)(F)C(F)(F)F. The molecule has 0 aliphatic rings. The van der Waals surface area contributed by atoms with E-state index in [0.717, 1.165) is 0 Å². The van der Waals surface area contributed by atoms with E-state index < -0.39 is 22.4 Å². The highest BCUT2D eigenvalue weighted by Crippen LogP contribution is 2.37. The van der Waals surface area contributed by atoms with Crippen molar-refractivity contribution >= 4 is 10.1 Å². The summed E-state index contributed by atoms with van der Waals surface area (Å²) in [5, 5.41) is 0. The average molecular weight is 214 g/mol. The summed E-state index contributed by atoms with van der Waals surface area (Å²) in [7, 11) is -4.83. The van der Waals surface area contributed by atoms with Gasteiger partial charge in [0.2, 0.25) is 0 Å². The van der Waals surface area contributed by atoms with Crippen molar-refractivity contribution in [3.05, 3.63) is 0 Å². The van der Waals surface area contributed by atoms with Crippen LogP contribution in [0.4, 0.5) is 22.0 Å². The third-order valence-electron chi connectivity index (χ3n) is 0.586. The molecule has 9 heteroatoms. The lowest BCUT2D eigenvalue weighted by Crippen LogP contribution is -2.40. The first-order valence-electron chi connectivity index (χ1n) is 2.31. The lowest BCUT2D eigenvalue weighted by molar-refractivity contribution is -0.359. The normalized spacial score (nSPS) is 14.8. The van der Waals surface area contributed by atoms with Crippen molar-refractivity contribution in [3.63, 3.8) is 0 Å². The van der Waals surface area contributed by atoms with Gasteiger partial charge in [-0.05, 0) is 0 Å². The van der Waals surface area contributed by atoms with Crippen LogP contribution in [0, 0.1) is 0 Å². The molecule has 0 aliphatic heterocycles. The van der Waals surface area contributed by atoms with Gasteiger partial charge in [0, 0.05) is 0 Å². The molecule has 0 rings (SSSR count). The molecule has 0 saturated heterocycles. The summed E-state index contributed by atoms with van der Waals surface area (Å²) in [4.78, 5) is 0. The predicted octanol–water partition coefficient (Wildman–Crippen LogP) is 1.12. The third kappa shape index (κ3) is 3.30. The van der Waals surface area contributed by atoms with Gasteiger partial charge in [-0.15, -0.1) is 0 Å². The minimum Gasteiger partial charge on any atom is -0.200 e. The van der Waals surface area contributed by atoms with Crippen LogP contribution < -0.4 is 0 Å². The number of rotatable bonds is 2. The fraction of sp³-hybridized carbons (Fsp3) is 1.00. The molecule has 74 valence electrons. The molecule has 0 unspecified atom stereocenters. The maximum absolute atomic E-state index is 11.7. The van der Waals surface area contributed by atoms with Gasteiger partial charge in [0.1, 0.15) is 0 Å². The number of halogens is 5. The molecule has 0 saturated carbocycles. The second kappa shape index (κ2) is 2.80. The van der Waals surface area contributed by atoms with Crippen molar-refractivity contribution in [1.29, 1.82) is 0 Å². The predicted molar refractivity (Wildman–Crippen MR) is 26.9 cm³/mol. The molecule has 0 aromatic heterocycles. The van der Waals surface area contributed by atoms with Gasteiger partial charge in [-0.1, -0.05) is 0 Å². The first-order chi connectivity index (χ1) is 4.96. The zero-order valence-corrected chi connectivity index (χ0v) is 6.34. The molecule has 0 spiro atoms. The maximum atomic E-state index is 11.7. The zero-order valence-electron chi connectivity index (χ0n) is 5.52. The second-order valence-electron chi connectivity index (χ2n) is 1.80. The smallest absolute Gasteiger partial charge is 0.200 e. The summed E-state index contributed by atoms with van der Waals surface area (Å²) in [5.41, 5.74) is 0. The molecular weight excluding hydrogens is 211 g/mol. The van der Waals surface area contributed by atoms with Crippen molar-refractivity contribution in [1.82, 2.24) is 0 Å². The van der Waals surface area contributed by atoms with E-state index in [2.05, 4.69) is 4.18 Å². The molecule has 0 aliphatic carbocycles. The van der Waals surface area contributed by atoms with E-state index in [-0.39, 0.29) is 6.26 Å². The van der Waals surface area contributed by atoms with E-state index in [1.54, 1.807) is 0 Å². The van der Waals surface area contributed by atoms with Gasteiger partial charge in [0.25, 0.3) is 10.1 Å². The van der Waals surface area contributed by atoms with E-state index in [1.807, 2.05) is 0 Å². The van der Waals surface area contributed by atoms with Crippen LogP contribution in [0.5, 0.6) is 0 Å². The molecular formula is C3H3F5O3S. The molecule has 0 fully saturated rings. The molecule has 0 aromatic carbocycles. The second-order valence-corrected chi connectivity index (χ2v) is 3.38. The van der Waals surface area contributed by atoms with Crippen molar-refractivity contribution < 1.29 is 34.6 Å². The van der Waals surface area contributed by atoms with E-state index >= 15 is 0 Å². The Kier molecular flexibility index (Phi) is 2.70. The topological polar surface area (TPSA) is 43.4 Å². The third-order valence-corrected chi connectivity index (χ3v) is 1.10. The summed E-state index contributed by atoms with van der Waals surface area (Å²) in [6, 6.07) is 0. The fourth-order valence-electron chi connectivity index (χ4n) is 0.237. The van der Waals surface area contributed by atoms with Crippen LogP contribution in [-0.4, -0.2) is 27.0 Å². The molecule has 12 heavy (non-hydrogen) atoms. The zero-order chi connectivity index (χ0) is 10.2. The van der Waals surface area contributed by atoms with Gasteiger partial charge in [-0.25, -0.2) is 0 Å². The molecule has 0 aromatic rings. The van der Waals surface area contributed by atoms with Crippen LogP contribution in [-0.2, 0) is 14.3 Å². The quantitative estimate of drug-likeness (QED) is 0.511. The summed E-state index contributed by atoms with van der Waals surface area (Å²) in [5.74, 6) is 0. The fourth-order valence-corrected chi connectivity index (χ4v) is 0.712. The monoisotopic (exact) mass is 214 g/mol. The van der Waals surface area contributed by atoms with Crippen LogP contribution in [0.1, 0.15) is 0 Å². The van der Waals surface area contributed by atoms with E-state index in [9.17, 15) is 30.4 Å². The average Bonchev–Trinajstić information content (AvgIpc) is 1.52. The van der Waals surface area contributed by atoms with Crippen molar-refractivity contribution in [2.45, 2.75) is 12.3 Å². The molecule has 0 atom stereocenters. The Morgan fingerprint density at radius 2 is 1.42 bits per heavy atom. The Balaban J connectivity index is 4.67. The first kappa shape index (κ1) is 11.6. The van der Waals surface area contributed by atoms with Crippen LogP contribution >= 0.6 is 0 Å². The highest BCUT2D eigenvalue weighted by Gasteiger charge is 2.61. The maximum Gasteiger partial charge on any atom is 0.484 e. The van der Waals surface area contributed by atoms with Crippen LogP contribution in [0.3, 0.4) is 0 Å². The van der Waals surface area contributed by atoms with Gasteiger partial charge < -0.3 is 0 Å². The van der Waals surface area contributed by atoms with Gasteiger partial charge in [0.15, 0.2) is 0 Å². The molecule has 0 amide bonds. The Morgan fingerprint density at radius 3 is 1.50 bits per heavy atom. The number of alkyl halides is 5. The lowest BCUT2D eigenvalue weighted by atomic mass is 10.6. The van der Waals surface area contributed by atoms with Crippen LogP contribution in [0.15, 0.2) is 0 Å². The van der Waals surface area contributed by atoms with E-state index in [0.29, 0.717) is 0 Å².